The maximum Gasteiger partial charge on any atom is 0.271 e. The predicted molar refractivity (Wildman–Crippen MR) is 154 cm³/mol. The Labute approximate surface area is 230 Å². The van der Waals surface area contributed by atoms with E-state index in [1.807, 2.05) is 50.2 Å². The lowest BCUT2D eigenvalue weighted by Crippen LogP contribution is -2.45. The summed E-state index contributed by atoms with van der Waals surface area (Å²) in [7, 11) is 0. The molecule has 1 aliphatic heterocycles. The molecule has 1 saturated heterocycles. The molecule has 0 radical (unpaired) electrons. The first kappa shape index (κ1) is 28.0. The third-order valence-electron chi connectivity index (χ3n) is 6.42. The van der Waals surface area contributed by atoms with Gasteiger partial charge in [0.1, 0.15) is 5.75 Å². The zero-order chi connectivity index (χ0) is 27.5. The van der Waals surface area contributed by atoms with Crippen molar-refractivity contribution in [1.82, 2.24) is 20.5 Å². The van der Waals surface area contributed by atoms with Crippen molar-refractivity contribution in [2.45, 2.75) is 33.0 Å². The van der Waals surface area contributed by atoms with Gasteiger partial charge in [0.25, 0.3) is 11.8 Å². The summed E-state index contributed by atoms with van der Waals surface area (Å²) in [5.41, 5.74) is 6.49. The molecular weight excluding hydrogens is 490 g/mol. The van der Waals surface area contributed by atoms with E-state index in [1.165, 1.54) is 11.1 Å². The van der Waals surface area contributed by atoms with Crippen LogP contribution < -0.4 is 15.5 Å². The number of hydrazone groups is 1. The summed E-state index contributed by atoms with van der Waals surface area (Å²) in [5, 5.41) is 6.84. The van der Waals surface area contributed by atoms with Crippen molar-refractivity contribution >= 4 is 18.0 Å². The Morgan fingerprint density at radius 3 is 2.03 bits per heavy atom. The average molecular weight is 528 g/mol. The minimum absolute atomic E-state index is 0.0359. The maximum atomic E-state index is 12.5. The molecule has 3 aromatic carbocycles. The van der Waals surface area contributed by atoms with E-state index in [0.29, 0.717) is 11.3 Å². The van der Waals surface area contributed by atoms with Gasteiger partial charge < -0.3 is 10.1 Å². The molecule has 0 bridgehead atoms. The second kappa shape index (κ2) is 14.2. The summed E-state index contributed by atoms with van der Waals surface area (Å²) in [4.78, 5) is 29.1. The highest BCUT2D eigenvalue weighted by Gasteiger charge is 2.17. The highest BCUT2D eigenvalue weighted by Crippen LogP contribution is 2.13. The van der Waals surface area contributed by atoms with Gasteiger partial charge in [-0.2, -0.15) is 5.10 Å². The first-order valence-electron chi connectivity index (χ1n) is 13.4. The third-order valence-corrected chi connectivity index (χ3v) is 6.42. The molecule has 1 heterocycles. The molecule has 0 spiro atoms. The fourth-order valence-electron chi connectivity index (χ4n) is 4.36. The first-order chi connectivity index (χ1) is 18.9. The Balaban J connectivity index is 1.17. The largest absolute Gasteiger partial charge is 0.484 e. The summed E-state index contributed by atoms with van der Waals surface area (Å²) < 4.78 is 5.48. The highest BCUT2D eigenvalue weighted by molar-refractivity contribution is 5.94. The summed E-state index contributed by atoms with van der Waals surface area (Å²) in [6.07, 6.45) is 1.57. The van der Waals surface area contributed by atoms with Crippen LogP contribution in [-0.4, -0.2) is 66.7 Å². The minimum atomic E-state index is -0.261. The molecular formula is C31H37N5O3. The van der Waals surface area contributed by atoms with Crippen molar-refractivity contribution < 1.29 is 14.3 Å². The van der Waals surface area contributed by atoms with Crippen LogP contribution >= 0.6 is 0 Å². The molecule has 8 nitrogen and oxygen atoms in total. The van der Waals surface area contributed by atoms with E-state index < -0.39 is 0 Å². The molecule has 1 fully saturated rings. The lowest BCUT2D eigenvalue weighted by molar-refractivity contribution is -0.123. The summed E-state index contributed by atoms with van der Waals surface area (Å²) in [5.74, 6) is 0.163. The number of ether oxygens (including phenoxy) is 1. The Morgan fingerprint density at radius 2 is 1.44 bits per heavy atom. The Morgan fingerprint density at radius 1 is 0.846 bits per heavy atom. The van der Waals surface area contributed by atoms with E-state index in [9.17, 15) is 9.59 Å². The number of nitrogens with zero attached hydrogens (tertiary/aromatic N) is 3. The predicted octanol–water partition coefficient (Wildman–Crippen LogP) is 3.67. The van der Waals surface area contributed by atoms with Crippen LogP contribution in [0.2, 0.25) is 0 Å². The highest BCUT2D eigenvalue weighted by atomic mass is 16.5. The molecule has 0 aliphatic carbocycles. The zero-order valence-electron chi connectivity index (χ0n) is 22.7. The van der Waals surface area contributed by atoms with Gasteiger partial charge in [-0.05, 0) is 66.9 Å². The lowest BCUT2D eigenvalue weighted by atomic mass is 10.1. The Bertz CT molecular complexity index is 1220. The van der Waals surface area contributed by atoms with E-state index >= 15 is 0 Å². The normalized spacial score (nSPS) is 14.4. The van der Waals surface area contributed by atoms with Crippen LogP contribution in [0.3, 0.4) is 0 Å². The van der Waals surface area contributed by atoms with Crippen molar-refractivity contribution in [1.29, 1.82) is 0 Å². The summed E-state index contributed by atoms with van der Waals surface area (Å²) in [6.45, 7) is 9.81. The number of piperazine rings is 1. The van der Waals surface area contributed by atoms with Crippen molar-refractivity contribution in [3.63, 3.8) is 0 Å². The molecule has 4 rings (SSSR count). The Hall–Kier alpha value is -4.01. The van der Waals surface area contributed by atoms with Crippen molar-refractivity contribution in [2.75, 3.05) is 32.8 Å². The average Bonchev–Trinajstić information content (AvgIpc) is 2.94. The van der Waals surface area contributed by atoms with E-state index in [2.05, 4.69) is 56.0 Å². The standard InChI is InChI=1S/C31H37N5O3/c1-24(2)33-30(37)23-39-29-14-10-25(11-15-29)20-32-34-31(38)28-12-8-27(9-13-28)22-36-18-16-35(17-19-36)21-26-6-4-3-5-7-26/h3-15,20,24H,16-19,21-23H2,1-2H3,(H,33,37)(H,34,38)/b32-20-. The SMILES string of the molecule is CC(C)NC(=O)COc1ccc(/C=N\NC(=O)c2ccc(CN3CCN(Cc4ccccc4)CC3)cc2)cc1. The van der Waals surface area contributed by atoms with Crippen LogP contribution in [0.1, 0.15) is 40.9 Å². The number of carbonyl (C=O) groups is 2. The molecule has 0 unspecified atom stereocenters. The van der Waals surface area contributed by atoms with Crippen molar-refractivity contribution in [3.05, 3.63) is 101 Å². The molecule has 2 N–H and O–H groups in total. The minimum Gasteiger partial charge on any atom is -0.484 e. The zero-order valence-corrected chi connectivity index (χ0v) is 22.7. The number of hydrogen-bond acceptors (Lipinski definition) is 6. The quantitative estimate of drug-likeness (QED) is 0.294. The van der Waals surface area contributed by atoms with Crippen molar-refractivity contribution in [3.8, 4) is 5.75 Å². The van der Waals surface area contributed by atoms with Crippen LogP contribution in [-0.2, 0) is 17.9 Å². The monoisotopic (exact) mass is 527 g/mol. The first-order valence-corrected chi connectivity index (χ1v) is 13.4. The van der Waals surface area contributed by atoms with Crippen LogP contribution in [0.5, 0.6) is 5.75 Å². The maximum absolute atomic E-state index is 12.5. The van der Waals surface area contributed by atoms with Crippen LogP contribution in [0.15, 0.2) is 84.0 Å². The fraction of sp³-hybridized carbons (Fsp3) is 0.323. The topological polar surface area (TPSA) is 86.3 Å². The van der Waals surface area contributed by atoms with Crippen LogP contribution in [0, 0.1) is 0 Å². The van der Waals surface area contributed by atoms with E-state index in [4.69, 9.17) is 4.74 Å². The van der Waals surface area contributed by atoms with E-state index in [0.717, 1.165) is 44.8 Å². The number of benzene rings is 3. The van der Waals surface area contributed by atoms with E-state index in [1.54, 1.807) is 18.3 Å². The van der Waals surface area contributed by atoms with E-state index in [-0.39, 0.29) is 24.5 Å². The number of hydrogen-bond donors (Lipinski definition) is 2. The van der Waals surface area contributed by atoms with Gasteiger partial charge in [0.05, 0.1) is 6.21 Å². The molecule has 0 atom stereocenters. The summed E-state index contributed by atoms with van der Waals surface area (Å²) in [6, 6.07) is 25.5. The molecule has 0 saturated carbocycles. The van der Waals surface area contributed by atoms with Gasteiger partial charge in [-0.15, -0.1) is 0 Å². The molecule has 1 aliphatic rings. The van der Waals surface area contributed by atoms with Gasteiger partial charge in [0.2, 0.25) is 0 Å². The molecule has 3 aromatic rings. The fourth-order valence-corrected chi connectivity index (χ4v) is 4.36. The molecule has 8 heteroatoms. The molecule has 2 amide bonds. The second-order valence-electron chi connectivity index (χ2n) is 10.0. The van der Waals surface area contributed by atoms with Gasteiger partial charge >= 0.3 is 0 Å². The van der Waals surface area contributed by atoms with Crippen molar-refractivity contribution in [2.24, 2.45) is 5.10 Å². The van der Waals surface area contributed by atoms with Gasteiger partial charge in [0.15, 0.2) is 6.61 Å². The number of nitrogens with one attached hydrogen (secondary N) is 2. The summed E-state index contributed by atoms with van der Waals surface area (Å²) >= 11 is 0. The number of rotatable bonds is 11. The molecule has 0 aromatic heterocycles. The van der Waals surface area contributed by atoms with Gasteiger partial charge in [-0.3, -0.25) is 19.4 Å². The smallest absolute Gasteiger partial charge is 0.271 e. The second-order valence-corrected chi connectivity index (χ2v) is 10.0. The lowest BCUT2D eigenvalue weighted by Gasteiger charge is -2.34. The van der Waals surface area contributed by atoms with Crippen LogP contribution in [0.25, 0.3) is 0 Å². The third kappa shape index (κ3) is 9.35. The van der Waals surface area contributed by atoms with Crippen LogP contribution in [0.4, 0.5) is 0 Å². The molecule has 39 heavy (non-hydrogen) atoms. The Kier molecular flexibility index (Phi) is 10.2. The van der Waals surface area contributed by atoms with Gasteiger partial charge in [-0.1, -0.05) is 42.5 Å². The van der Waals surface area contributed by atoms with Gasteiger partial charge in [0, 0.05) is 50.9 Å². The number of carbonyl (C=O) groups excluding carboxylic acids is 2. The number of amides is 2. The van der Waals surface area contributed by atoms with Gasteiger partial charge in [-0.25, -0.2) is 5.43 Å². The molecule has 204 valence electrons.